The average molecular weight is 253 g/mol. The molecular formula is C12H15NO3S. The Morgan fingerprint density at radius 2 is 2.06 bits per heavy atom. The zero-order valence-electron chi connectivity index (χ0n) is 10.0. The van der Waals surface area contributed by atoms with Gasteiger partial charge < -0.3 is 10.1 Å². The van der Waals surface area contributed by atoms with Crippen LogP contribution in [-0.2, 0) is 9.84 Å². The Kier molecular flexibility index (Phi) is 2.97. The van der Waals surface area contributed by atoms with Crippen LogP contribution in [-0.4, -0.2) is 28.6 Å². The predicted molar refractivity (Wildman–Crippen MR) is 66.7 cm³/mol. The van der Waals surface area contributed by atoms with Gasteiger partial charge in [0.25, 0.3) is 0 Å². The van der Waals surface area contributed by atoms with Crippen molar-refractivity contribution in [2.75, 3.05) is 14.2 Å². The van der Waals surface area contributed by atoms with E-state index in [-0.39, 0.29) is 6.04 Å². The van der Waals surface area contributed by atoms with Crippen LogP contribution < -0.4 is 10.1 Å². The fraction of sp³-hybridized carbons (Fsp3) is 0.333. The maximum absolute atomic E-state index is 12.3. The number of nitrogens with one attached hydrogen (secondary N) is 1. The van der Waals surface area contributed by atoms with Gasteiger partial charge in [0.2, 0.25) is 9.84 Å². The van der Waals surface area contributed by atoms with Crippen molar-refractivity contribution in [3.63, 3.8) is 0 Å². The number of rotatable bonds is 3. The molecule has 0 radical (unpaired) electrons. The van der Waals surface area contributed by atoms with Crippen LogP contribution in [0.25, 0.3) is 6.08 Å². The smallest absolute Gasteiger partial charge is 0.205 e. The summed E-state index contributed by atoms with van der Waals surface area (Å²) in [6.07, 6.45) is 1.69. The molecule has 0 fully saturated rings. The fourth-order valence-corrected chi connectivity index (χ4v) is 3.74. The third-order valence-electron chi connectivity index (χ3n) is 2.99. The molecule has 1 atom stereocenters. The molecule has 0 aromatic heterocycles. The van der Waals surface area contributed by atoms with Gasteiger partial charge in [-0.15, -0.1) is 0 Å². The molecule has 5 heteroatoms. The van der Waals surface area contributed by atoms with Gasteiger partial charge in [0.1, 0.15) is 5.75 Å². The van der Waals surface area contributed by atoms with E-state index < -0.39 is 9.84 Å². The first-order valence-corrected chi connectivity index (χ1v) is 6.81. The van der Waals surface area contributed by atoms with E-state index in [1.165, 1.54) is 7.11 Å². The second-order valence-corrected chi connectivity index (χ2v) is 5.85. The van der Waals surface area contributed by atoms with Crippen molar-refractivity contribution in [2.45, 2.75) is 17.9 Å². The first-order chi connectivity index (χ1) is 8.02. The van der Waals surface area contributed by atoms with E-state index >= 15 is 0 Å². The van der Waals surface area contributed by atoms with Crippen LogP contribution in [0.4, 0.5) is 0 Å². The van der Waals surface area contributed by atoms with E-state index in [9.17, 15) is 8.42 Å². The predicted octanol–water partition coefficient (Wildman–Crippen LogP) is 1.43. The van der Waals surface area contributed by atoms with Crippen molar-refractivity contribution in [1.29, 1.82) is 0 Å². The first-order valence-electron chi connectivity index (χ1n) is 5.33. The summed E-state index contributed by atoms with van der Waals surface area (Å²) in [4.78, 5) is 0.716. The topological polar surface area (TPSA) is 55.4 Å². The standard InChI is InChI=1S/C12H15NO3S/c1-8(13-2)12-7-9-10(16-3)5-4-6-11(9)17(12,14)15/h4-8,13H,1-3H3. The molecule has 0 spiro atoms. The van der Waals surface area contributed by atoms with E-state index in [0.29, 0.717) is 21.1 Å². The largest absolute Gasteiger partial charge is 0.496 e. The van der Waals surface area contributed by atoms with Crippen LogP contribution in [0.3, 0.4) is 0 Å². The minimum atomic E-state index is -3.37. The Morgan fingerprint density at radius 3 is 2.65 bits per heavy atom. The molecule has 92 valence electrons. The SMILES string of the molecule is CNC(C)C1=Cc2c(OC)cccc2S1(=O)=O. The second kappa shape index (κ2) is 4.16. The van der Waals surface area contributed by atoms with Crippen LogP contribution in [0.5, 0.6) is 5.75 Å². The Labute approximate surface area is 101 Å². The van der Waals surface area contributed by atoms with Crippen LogP contribution in [0.2, 0.25) is 0 Å². The lowest BCUT2D eigenvalue weighted by molar-refractivity contribution is 0.412. The monoisotopic (exact) mass is 253 g/mol. The second-order valence-electron chi connectivity index (χ2n) is 3.93. The summed E-state index contributed by atoms with van der Waals surface area (Å²) in [7, 11) is -0.0971. The fourth-order valence-electron chi connectivity index (χ4n) is 1.93. The third kappa shape index (κ3) is 1.75. The molecule has 1 aliphatic rings. The van der Waals surface area contributed by atoms with Gasteiger partial charge in [-0.2, -0.15) is 0 Å². The lowest BCUT2D eigenvalue weighted by atomic mass is 10.1. The minimum absolute atomic E-state index is 0.211. The molecule has 1 N–H and O–H groups in total. The number of likely N-dealkylation sites (N-methyl/N-ethyl adjacent to an activating group) is 1. The van der Waals surface area contributed by atoms with Gasteiger partial charge in [0, 0.05) is 11.6 Å². The molecule has 0 saturated heterocycles. The summed E-state index contributed by atoms with van der Waals surface area (Å²) < 4.78 is 29.8. The van der Waals surface area contributed by atoms with Gasteiger partial charge in [-0.1, -0.05) is 6.07 Å². The molecule has 1 unspecified atom stereocenters. The zero-order chi connectivity index (χ0) is 12.6. The van der Waals surface area contributed by atoms with Crippen LogP contribution in [0.15, 0.2) is 28.0 Å². The molecule has 1 aromatic rings. The maximum Gasteiger partial charge on any atom is 0.205 e. The van der Waals surface area contributed by atoms with Crippen molar-refractivity contribution in [2.24, 2.45) is 0 Å². The lowest BCUT2D eigenvalue weighted by Gasteiger charge is -2.11. The van der Waals surface area contributed by atoms with Gasteiger partial charge in [0.05, 0.1) is 16.9 Å². The van der Waals surface area contributed by atoms with E-state index in [1.807, 2.05) is 6.92 Å². The highest BCUT2D eigenvalue weighted by molar-refractivity contribution is 7.96. The number of methoxy groups -OCH3 is 1. The van der Waals surface area contributed by atoms with Crippen LogP contribution >= 0.6 is 0 Å². The van der Waals surface area contributed by atoms with Crippen LogP contribution in [0, 0.1) is 0 Å². The molecule has 0 aliphatic carbocycles. The molecule has 2 rings (SSSR count). The Morgan fingerprint density at radius 1 is 1.35 bits per heavy atom. The summed E-state index contributed by atoms with van der Waals surface area (Å²) in [5.74, 6) is 0.587. The number of hydrogen-bond donors (Lipinski definition) is 1. The highest BCUT2D eigenvalue weighted by atomic mass is 32.2. The van der Waals surface area contributed by atoms with E-state index in [4.69, 9.17) is 4.74 Å². The Hall–Kier alpha value is -1.33. The third-order valence-corrected chi connectivity index (χ3v) is 5.02. The molecule has 0 bridgehead atoms. The minimum Gasteiger partial charge on any atom is -0.496 e. The molecule has 1 aliphatic heterocycles. The lowest BCUT2D eigenvalue weighted by Crippen LogP contribution is -2.26. The number of fused-ring (bicyclic) bond motifs is 1. The number of benzene rings is 1. The molecule has 0 saturated carbocycles. The van der Waals surface area contributed by atoms with Crippen molar-refractivity contribution >= 4 is 15.9 Å². The summed E-state index contributed by atoms with van der Waals surface area (Å²) in [6, 6.07) is 4.85. The molecule has 1 aromatic carbocycles. The van der Waals surface area contributed by atoms with Crippen molar-refractivity contribution in [3.05, 3.63) is 28.7 Å². The highest BCUT2D eigenvalue weighted by Gasteiger charge is 2.33. The average Bonchev–Trinajstić information content (AvgIpc) is 2.60. The zero-order valence-corrected chi connectivity index (χ0v) is 10.8. The molecule has 4 nitrogen and oxygen atoms in total. The Balaban J connectivity index is 2.65. The first kappa shape index (κ1) is 12.1. The number of ether oxygens (including phenoxy) is 1. The van der Waals surface area contributed by atoms with Crippen molar-refractivity contribution in [3.8, 4) is 5.75 Å². The number of hydrogen-bond acceptors (Lipinski definition) is 4. The molecule has 0 amide bonds. The molecule has 17 heavy (non-hydrogen) atoms. The van der Waals surface area contributed by atoms with E-state index in [1.54, 1.807) is 31.3 Å². The van der Waals surface area contributed by atoms with Crippen molar-refractivity contribution < 1.29 is 13.2 Å². The Bertz CT molecular complexity index is 575. The van der Waals surface area contributed by atoms with Gasteiger partial charge in [-0.3, -0.25) is 0 Å². The van der Waals surface area contributed by atoms with Crippen molar-refractivity contribution in [1.82, 2.24) is 5.32 Å². The van der Waals surface area contributed by atoms with Gasteiger partial charge in [0.15, 0.2) is 0 Å². The maximum atomic E-state index is 12.3. The summed E-state index contributed by atoms with van der Waals surface area (Å²) in [5, 5.41) is 2.95. The highest BCUT2D eigenvalue weighted by Crippen LogP contribution is 2.39. The van der Waals surface area contributed by atoms with E-state index in [2.05, 4.69) is 5.32 Å². The van der Waals surface area contributed by atoms with Gasteiger partial charge in [-0.05, 0) is 32.2 Å². The summed E-state index contributed by atoms with van der Waals surface area (Å²) >= 11 is 0. The molecule has 1 heterocycles. The normalized spacial score (nSPS) is 18.4. The van der Waals surface area contributed by atoms with Gasteiger partial charge in [-0.25, -0.2) is 8.42 Å². The summed E-state index contributed by atoms with van der Waals surface area (Å²) in [5.41, 5.74) is 0.645. The summed E-state index contributed by atoms with van der Waals surface area (Å²) in [6.45, 7) is 1.82. The van der Waals surface area contributed by atoms with Gasteiger partial charge >= 0.3 is 0 Å². The van der Waals surface area contributed by atoms with E-state index in [0.717, 1.165) is 0 Å². The quantitative estimate of drug-likeness (QED) is 0.885. The van der Waals surface area contributed by atoms with Crippen LogP contribution in [0.1, 0.15) is 12.5 Å². The molecular weight excluding hydrogens is 238 g/mol. The number of sulfone groups is 1.